The molecule has 1 saturated heterocycles. The number of hydrogen-bond donors (Lipinski definition) is 0. The molecule has 2 aromatic heterocycles. The van der Waals surface area contributed by atoms with Gasteiger partial charge in [0.25, 0.3) is 0 Å². The third-order valence-electron chi connectivity index (χ3n) is 5.86. The highest BCUT2D eigenvalue weighted by Gasteiger charge is 2.24. The van der Waals surface area contributed by atoms with E-state index in [1.54, 1.807) is 7.11 Å². The molecule has 3 heterocycles. The fraction of sp³-hybridized carbons (Fsp3) is 0.423. The monoisotopic (exact) mass is 432 g/mol. The van der Waals surface area contributed by atoms with Crippen molar-refractivity contribution in [1.82, 2.24) is 19.9 Å². The molecule has 0 aliphatic carbocycles. The van der Waals surface area contributed by atoms with E-state index in [1.807, 2.05) is 12.4 Å². The van der Waals surface area contributed by atoms with Crippen molar-refractivity contribution in [1.29, 1.82) is 0 Å². The maximum Gasteiger partial charge on any atom is 0.130 e. The summed E-state index contributed by atoms with van der Waals surface area (Å²) in [5.74, 6) is 0.820. The van der Waals surface area contributed by atoms with Gasteiger partial charge in [-0.25, -0.2) is 9.97 Å². The summed E-state index contributed by atoms with van der Waals surface area (Å²) in [7, 11) is 1.69. The van der Waals surface area contributed by atoms with Gasteiger partial charge in [0.05, 0.1) is 18.9 Å². The van der Waals surface area contributed by atoms with Crippen molar-refractivity contribution in [2.75, 3.05) is 33.4 Å². The van der Waals surface area contributed by atoms with Crippen molar-refractivity contribution >= 4 is 0 Å². The molecule has 1 aliphatic heterocycles. The lowest BCUT2D eigenvalue weighted by molar-refractivity contribution is -0.0351. The van der Waals surface area contributed by atoms with Gasteiger partial charge in [-0.2, -0.15) is 0 Å². The van der Waals surface area contributed by atoms with Crippen molar-refractivity contribution in [2.45, 2.75) is 39.3 Å². The number of nitrogens with zero attached hydrogens (tertiary/aromatic N) is 4. The van der Waals surface area contributed by atoms with E-state index in [-0.39, 0.29) is 6.10 Å². The topological polar surface area (TPSA) is 60.4 Å². The van der Waals surface area contributed by atoms with Gasteiger partial charge < -0.3 is 9.47 Å². The van der Waals surface area contributed by atoms with Crippen LogP contribution in [0.15, 0.2) is 48.8 Å². The molecule has 4 rings (SSSR count). The lowest BCUT2D eigenvalue weighted by Crippen LogP contribution is -2.38. The van der Waals surface area contributed by atoms with Crippen molar-refractivity contribution in [3.63, 3.8) is 0 Å². The molecule has 0 unspecified atom stereocenters. The zero-order chi connectivity index (χ0) is 22.3. The Kier molecular flexibility index (Phi) is 7.58. The Balaban J connectivity index is 1.42. The average molecular weight is 433 g/mol. The van der Waals surface area contributed by atoms with Crippen molar-refractivity contribution in [3.05, 3.63) is 88.3 Å². The van der Waals surface area contributed by atoms with Gasteiger partial charge in [0.1, 0.15) is 11.9 Å². The molecule has 3 aromatic rings. The predicted octanol–water partition coefficient (Wildman–Crippen LogP) is 3.84. The first kappa shape index (κ1) is 22.5. The van der Waals surface area contributed by atoms with Crippen LogP contribution in [0.5, 0.6) is 0 Å². The summed E-state index contributed by atoms with van der Waals surface area (Å²) < 4.78 is 11.2. The molecular weight excluding hydrogens is 400 g/mol. The smallest absolute Gasteiger partial charge is 0.130 e. The average Bonchev–Trinajstić information content (AvgIpc) is 2.80. The van der Waals surface area contributed by atoms with Crippen LogP contribution in [0.1, 0.15) is 45.6 Å². The third-order valence-corrected chi connectivity index (χ3v) is 5.86. The summed E-state index contributed by atoms with van der Waals surface area (Å²) >= 11 is 0. The van der Waals surface area contributed by atoms with Crippen molar-refractivity contribution in [2.24, 2.45) is 0 Å². The highest BCUT2D eigenvalue weighted by molar-refractivity contribution is 5.33. The molecule has 0 N–H and O–H groups in total. The second kappa shape index (κ2) is 10.8. The molecule has 0 spiro atoms. The third kappa shape index (κ3) is 5.97. The van der Waals surface area contributed by atoms with Gasteiger partial charge in [-0.1, -0.05) is 24.3 Å². The van der Waals surface area contributed by atoms with Crippen LogP contribution >= 0.6 is 0 Å². The van der Waals surface area contributed by atoms with E-state index in [1.165, 1.54) is 16.7 Å². The van der Waals surface area contributed by atoms with Gasteiger partial charge >= 0.3 is 0 Å². The van der Waals surface area contributed by atoms with Gasteiger partial charge in [0.2, 0.25) is 0 Å². The van der Waals surface area contributed by atoms with Gasteiger partial charge in [-0.15, -0.1) is 0 Å². The van der Waals surface area contributed by atoms with Gasteiger partial charge in [-0.3, -0.25) is 9.88 Å². The van der Waals surface area contributed by atoms with E-state index in [4.69, 9.17) is 14.5 Å². The Morgan fingerprint density at radius 1 is 1.09 bits per heavy atom. The molecule has 168 valence electrons. The highest BCUT2D eigenvalue weighted by Crippen LogP contribution is 2.24. The Morgan fingerprint density at radius 2 is 1.91 bits per heavy atom. The summed E-state index contributed by atoms with van der Waals surface area (Å²) in [4.78, 5) is 16.1. The van der Waals surface area contributed by atoms with Crippen LogP contribution in [0.2, 0.25) is 0 Å². The minimum absolute atomic E-state index is 0.0267. The van der Waals surface area contributed by atoms with Crippen LogP contribution in [-0.4, -0.2) is 53.3 Å². The van der Waals surface area contributed by atoms with Crippen LogP contribution in [0, 0.1) is 13.8 Å². The molecule has 0 bridgehead atoms. The first-order valence-electron chi connectivity index (χ1n) is 11.3. The standard InChI is InChI=1S/C26H32N4O2/c1-19-6-4-5-7-23(19)13-21-12-20(2)29-24(14-21)25-18-30(9-11-32-25)17-22-15-27-26(28-16-22)8-10-31-3/h4-7,12,14-16,25H,8-11,13,17-18H2,1-3H3/t25-/m1/s1. The summed E-state index contributed by atoms with van der Waals surface area (Å²) in [6.07, 6.45) is 5.47. The van der Waals surface area contributed by atoms with E-state index in [9.17, 15) is 0 Å². The predicted molar refractivity (Wildman–Crippen MR) is 125 cm³/mol. The zero-order valence-corrected chi connectivity index (χ0v) is 19.3. The number of rotatable bonds is 8. The first-order chi connectivity index (χ1) is 15.6. The number of methoxy groups -OCH3 is 1. The van der Waals surface area contributed by atoms with Crippen LogP contribution < -0.4 is 0 Å². The molecule has 1 atom stereocenters. The Hall–Kier alpha value is -2.67. The van der Waals surface area contributed by atoms with Crippen LogP contribution in [0.4, 0.5) is 0 Å². The number of benzene rings is 1. The summed E-state index contributed by atoms with van der Waals surface area (Å²) in [5.41, 5.74) is 7.12. The molecule has 1 aliphatic rings. The second-order valence-corrected chi connectivity index (χ2v) is 8.49. The lowest BCUT2D eigenvalue weighted by atomic mass is 9.99. The van der Waals surface area contributed by atoms with E-state index in [0.717, 1.165) is 55.3 Å². The zero-order valence-electron chi connectivity index (χ0n) is 19.3. The Labute approximate surface area is 190 Å². The fourth-order valence-corrected chi connectivity index (χ4v) is 4.13. The summed E-state index contributed by atoms with van der Waals surface area (Å²) in [6, 6.07) is 12.9. The van der Waals surface area contributed by atoms with Crippen LogP contribution in [0.25, 0.3) is 0 Å². The number of aromatic nitrogens is 3. The maximum absolute atomic E-state index is 6.13. The van der Waals surface area contributed by atoms with E-state index >= 15 is 0 Å². The summed E-state index contributed by atoms with van der Waals surface area (Å²) in [5, 5.41) is 0. The maximum atomic E-state index is 6.13. The summed E-state index contributed by atoms with van der Waals surface area (Å²) in [6.45, 7) is 8.08. The van der Waals surface area contributed by atoms with E-state index in [2.05, 4.69) is 65.1 Å². The largest absolute Gasteiger partial charge is 0.384 e. The van der Waals surface area contributed by atoms with E-state index < -0.39 is 0 Å². The minimum Gasteiger partial charge on any atom is -0.384 e. The van der Waals surface area contributed by atoms with Crippen LogP contribution in [-0.2, 0) is 28.9 Å². The lowest BCUT2D eigenvalue weighted by Gasteiger charge is -2.32. The number of hydrogen-bond acceptors (Lipinski definition) is 6. The Bertz CT molecular complexity index is 1020. The van der Waals surface area contributed by atoms with Crippen molar-refractivity contribution < 1.29 is 9.47 Å². The van der Waals surface area contributed by atoms with Crippen molar-refractivity contribution in [3.8, 4) is 0 Å². The molecule has 0 saturated carbocycles. The normalized spacial score (nSPS) is 16.9. The number of aryl methyl sites for hydroxylation is 2. The quantitative estimate of drug-likeness (QED) is 0.539. The molecule has 0 radical (unpaired) electrons. The minimum atomic E-state index is -0.0267. The first-order valence-corrected chi connectivity index (χ1v) is 11.3. The fourth-order valence-electron chi connectivity index (χ4n) is 4.13. The van der Waals surface area contributed by atoms with Crippen LogP contribution in [0.3, 0.4) is 0 Å². The molecule has 0 amide bonds. The number of ether oxygens (including phenoxy) is 2. The molecule has 1 fully saturated rings. The van der Waals surface area contributed by atoms with Gasteiger partial charge in [0, 0.05) is 56.8 Å². The molecule has 1 aromatic carbocycles. The Morgan fingerprint density at radius 3 is 2.69 bits per heavy atom. The molecule has 6 nitrogen and oxygen atoms in total. The molecule has 6 heteroatoms. The highest BCUT2D eigenvalue weighted by atomic mass is 16.5. The second-order valence-electron chi connectivity index (χ2n) is 8.49. The molecule has 32 heavy (non-hydrogen) atoms. The van der Waals surface area contributed by atoms with Gasteiger partial charge in [0.15, 0.2) is 0 Å². The van der Waals surface area contributed by atoms with E-state index in [0.29, 0.717) is 13.2 Å². The number of morpholine rings is 1. The number of pyridine rings is 1. The van der Waals surface area contributed by atoms with Gasteiger partial charge in [-0.05, 0) is 49.1 Å². The SMILES string of the molecule is COCCc1ncc(CN2CCO[C@@H](c3cc(Cc4ccccc4C)cc(C)n3)C2)cn1. The molecular formula is C26H32N4O2.